The minimum atomic E-state index is -2.77. The predicted octanol–water partition coefficient (Wildman–Crippen LogP) is 0.884. The smallest absolute Gasteiger partial charge is 0.151 e. The average Bonchev–Trinajstić information content (AvgIpc) is 2.67. The number of sulfone groups is 1. The Kier molecular flexibility index (Phi) is 4.67. The monoisotopic (exact) mass is 274 g/mol. The summed E-state index contributed by atoms with van der Waals surface area (Å²) < 4.78 is 23.2. The normalized spacial score (nSPS) is 32.2. The van der Waals surface area contributed by atoms with Crippen molar-refractivity contribution in [2.75, 3.05) is 31.1 Å². The van der Waals surface area contributed by atoms with Gasteiger partial charge in [0.25, 0.3) is 0 Å². The van der Waals surface area contributed by atoms with E-state index in [1.54, 1.807) is 0 Å². The maximum atomic E-state index is 11.6. The highest BCUT2D eigenvalue weighted by atomic mass is 32.2. The molecule has 0 bridgehead atoms. The summed E-state index contributed by atoms with van der Waals surface area (Å²) >= 11 is 0. The molecule has 0 aromatic carbocycles. The topological polar surface area (TPSA) is 49.4 Å². The van der Waals surface area contributed by atoms with E-state index in [1.165, 1.54) is 12.8 Å². The van der Waals surface area contributed by atoms with Gasteiger partial charge in [0, 0.05) is 18.6 Å². The van der Waals surface area contributed by atoms with Crippen molar-refractivity contribution < 1.29 is 8.42 Å². The Hall–Kier alpha value is -0.130. The summed E-state index contributed by atoms with van der Waals surface area (Å²) in [5.74, 6) is 1.43. The van der Waals surface area contributed by atoms with Gasteiger partial charge in [-0.2, -0.15) is 0 Å². The number of nitrogens with zero attached hydrogens (tertiary/aromatic N) is 1. The van der Waals surface area contributed by atoms with Crippen molar-refractivity contribution in [1.82, 2.24) is 10.2 Å². The third kappa shape index (κ3) is 3.68. The summed E-state index contributed by atoms with van der Waals surface area (Å²) in [6.45, 7) is 7.63. The van der Waals surface area contributed by atoms with Gasteiger partial charge in [0.1, 0.15) is 0 Å². The summed E-state index contributed by atoms with van der Waals surface area (Å²) in [5, 5.41) is 3.44. The van der Waals surface area contributed by atoms with Crippen LogP contribution in [-0.4, -0.2) is 56.5 Å². The number of hydrogen-bond donors (Lipinski definition) is 1. The van der Waals surface area contributed by atoms with Crippen LogP contribution in [0.15, 0.2) is 0 Å². The van der Waals surface area contributed by atoms with Crippen LogP contribution in [0.2, 0.25) is 0 Å². The standard InChI is InChI=1S/C13H26N2O2S/c1-11(2)15(9-12-4-3-6-14-8-12)13-5-7-18(16,17)10-13/h11-14H,3-10H2,1-2H3. The van der Waals surface area contributed by atoms with E-state index in [2.05, 4.69) is 24.1 Å². The minimum absolute atomic E-state index is 0.247. The zero-order valence-electron chi connectivity index (χ0n) is 11.6. The second-order valence-electron chi connectivity index (χ2n) is 6.06. The average molecular weight is 274 g/mol. The first-order valence-electron chi connectivity index (χ1n) is 7.15. The molecule has 4 nitrogen and oxygen atoms in total. The van der Waals surface area contributed by atoms with Gasteiger partial charge in [0.05, 0.1) is 11.5 Å². The highest BCUT2D eigenvalue weighted by molar-refractivity contribution is 7.91. The maximum Gasteiger partial charge on any atom is 0.151 e. The van der Waals surface area contributed by atoms with Gasteiger partial charge in [0.15, 0.2) is 9.84 Å². The second kappa shape index (κ2) is 5.88. The van der Waals surface area contributed by atoms with E-state index >= 15 is 0 Å². The van der Waals surface area contributed by atoms with Gasteiger partial charge in [-0.15, -0.1) is 0 Å². The second-order valence-corrected chi connectivity index (χ2v) is 8.29. The molecule has 5 heteroatoms. The molecule has 0 aromatic rings. The molecular formula is C13H26N2O2S. The lowest BCUT2D eigenvalue weighted by Gasteiger charge is -2.36. The van der Waals surface area contributed by atoms with E-state index in [0.29, 0.717) is 23.5 Å². The van der Waals surface area contributed by atoms with E-state index < -0.39 is 9.84 Å². The molecule has 2 heterocycles. The Morgan fingerprint density at radius 1 is 1.33 bits per heavy atom. The largest absolute Gasteiger partial charge is 0.316 e. The van der Waals surface area contributed by atoms with E-state index in [1.807, 2.05) is 0 Å². The molecule has 2 rings (SSSR count). The lowest BCUT2D eigenvalue weighted by molar-refractivity contribution is 0.129. The predicted molar refractivity (Wildman–Crippen MR) is 74.5 cm³/mol. The fourth-order valence-corrected chi connectivity index (χ4v) is 4.94. The van der Waals surface area contributed by atoms with Crippen molar-refractivity contribution in [3.63, 3.8) is 0 Å². The van der Waals surface area contributed by atoms with Crippen molar-refractivity contribution in [2.45, 2.75) is 45.2 Å². The van der Waals surface area contributed by atoms with E-state index in [9.17, 15) is 8.42 Å². The van der Waals surface area contributed by atoms with E-state index in [4.69, 9.17) is 0 Å². The van der Waals surface area contributed by atoms with E-state index in [0.717, 1.165) is 26.1 Å². The molecule has 18 heavy (non-hydrogen) atoms. The third-order valence-corrected chi connectivity index (χ3v) is 5.96. The Balaban J connectivity index is 1.95. The SMILES string of the molecule is CC(C)N(CC1CCCNC1)C1CCS(=O)(=O)C1. The molecule has 0 saturated carbocycles. The molecule has 2 atom stereocenters. The van der Waals surface area contributed by atoms with Gasteiger partial charge in [0.2, 0.25) is 0 Å². The molecule has 0 aromatic heterocycles. The van der Waals surface area contributed by atoms with Gasteiger partial charge in [-0.25, -0.2) is 8.42 Å². The summed E-state index contributed by atoms with van der Waals surface area (Å²) in [5.41, 5.74) is 0. The van der Waals surface area contributed by atoms with Gasteiger partial charge in [-0.05, 0) is 52.1 Å². The fourth-order valence-electron chi connectivity index (χ4n) is 3.20. The Labute approximate surface area is 111 Å². The Morgan fingerprint density at radius 3 is 2.61 bits per heavy atom. The molecule has 1 N–H and O–H groups in total. The Bertz CT molecular complexity index is 361. The molecule has 0 aliphatic carbocycles. The van der Waals surface area contributed by atoms with Crippen LogP contribution in [0.1, 0.15) is 33.1 Å². The van der Waals surface area contributed by atoms with Crippen LogP contribution in [0.25, 0.3) is 0 Å². The van der Waals surface area contributed by atoms with Crippen molar-refractivity contribution >= 4 is 9.84 Å². The minimum Gasteiger partial charge on any atom is -0.316 e. The molecular weight excluding hydrogens is 248 g/mol. The van der Waals surface area contributed by atoms with Crippen LogP contribution in [0.5, 0.6) is 0 Å². The number of rotatable bonds is 4. The van der Waals surface area contributed by atoms with Crippen LogP contribution in [0.3, 0.4) is 0 Å². The van der Waals surface area contributed by atoms with Crippen molar-refractivity contribution in [3.8, 4) is 0 Å². The van der Waals surface area contributed by atoms with Crippen molar-refractivity contribution in [2.24, 2.45) is 5.92 Å². The van der Waals surface area contributed by atoms with Crippen LogP contribution in [0.4, 0.5) is 0 Å². The number of hydrogen-bond acceptors (Lipinski definition) is 4. The van der Waals surface area contributed by atoms with Gasteiger partial charge < -0.3 is 5.32 Å². The van der Waals surface area contributed by atoms with Crippen LogP contribution in [0, 0.1) is 5.92 Å². The van der Waals surface area contributed by atoms with Crippen LogP contribution in [-0.2, 0) is 9.84 Å². The quantitative estimate of drug-likeness (QED) is 0.827. The maximum absolute atomic E-state index is 11.6. The molecule has 106 valence electrons. The zero-order valence-corrected chi connectivity index (χ0v) is 12.4. The third-order valence-electron chi connectivity index (χ3n) is 4.21. The number of piperidine rings is 1. The Morgan fingerprint density at radius 2 is 2.11 bits per heavy atom. The van der Waals surface area contributed by atoms with E-state index in [-0.39, 0.29) is 6.04 Å². The number of nitrogens with one attached hydrogen (secondary N) is 1. The molecule has 0 radical (unpaired) electrons. The molecule has 2 fully saturated rings. The van der Waals surface area contributed by atoms with Gasteiger partial charge in [-0.3, -0.25) is 4.90 Å². The van der Waals surface area contributed by atoms with Crippen molar-refractivity contribution in [1.29, 1.82) is 0 Å². The van der Waals surface area contributed by atoms with Gasteiger partial charge >= 0.3 is 0 Å². The lowest BCUT2D eigenvalue weighted by Crippen LogP contribution is -2.46. The lowest BCUT2D eigenvalue weighted by atomic mass is 9.97. The summed E-state index contributed by atoms with van der Waals surface area (Å²) in [6, 6.07) is 0.683. The summed E-state index contributed by atoms with van der Waals surface area (Å²) in [6.07, 6.45) is 3.34. The van der Waals surface area contributed by atoms with Crippen LogP contribution >= 0.6 is 0 Å². The highest BCUT2D eigenvalue weighted by Crippen LogP contribution is 2.22. The molecule has 2 saturated heterocycles. The van der Waals surface area contributed by atoms with Gasteiger partial charge in [-0.1, -0.05) is 0 Å². The zero-order chi connectivity index (χ0) is 13.2. The highest BCUT2D eigenvalue weighted by Gasteiger charge is 2.34. The first-order chi connectivity index (χ1) is 8.48. The fraction of sp³-hybridized carbons (Fsp3) is 1.00. The molecule has 2 aliphatic rings. The van der Waals surface area contributed by atoms with Crippen LogP contribution < -0.4 is 5.32 Å². The summed E-state index contributed by atoms with van der Waals surface area (Å²) in [7, 11) is -2.77. The summed E-state index contributed by atoms with van der Waals surface area (Å²) in [4.78, 5) is 2.42. The molecule has 2 aliphatic heterocycles. The molecule has 0 spiro atoms. The van der Waals surface area contributed by atoms with Crippen molar-refractivity contribution in [3.05, 3.63) is 0 Å². The molecule has 2 unspecified atom stereocenters. The first-order valence-corrected chi connectivity index (χ1v) is 8.97. The molecule has 0 amide bonds. The first kappa shape index (κ1) is 14.3.